The standard InChI is InChI=1S/C14H11NO3S/c16-12(17)7-6-10-8-9-19-13(10)14(18)15-11-4-2-1-3-5-11/h1-9H,(H,15,18)(H,16,17). The van der Waals surface area contributed by atoms with Crippen LogP contribution in [0.3, 0.4) is 0 Å². The van der Waals surface area contributed by atoms with Crippen LogP contribution in [0.25, 0.3) is 6.08 Å². The summed E-state index contributed by atoms with van der Waals surface area (Å²) in [5, 5.41) is 13.1. The summed E-state index contributed by atoms with van der Waals surface area (Å²) in [6.45, 7) is 0. The lowest BCUT2D eigenvalue weighted by molar-refractivity contribution is -0.131. The average molecular weight is 273 g/mol. The van der Waals surface area contributed by atoms with Crippen molar-refractivity contribution in [2.24, 2.45) is 0 Å². The molecule has 96 valence electrons. The van der Waals surface area contributed by atoms with E-state index in [1.54, 1.807) is 23.6 Å². The highest BCUT2D eigenvalue weighted by molar-refractivity contribution is 7.12. The molecule has 0 aliphatic rings. The third-order valence-corrected chi connectivity index (χ3v) is 3.27. The first-order valence-corrected chi connectivity index (χ1v) is 6.39. The summed E-state index contributed by atoms with van der Waals surface area (Å²) < 4.78 is 0. The number of carbonyl (C=O) groups is 2. The Morgan fingerprint density at radius 1 is 1.16 bits per heavy atom. The summed E-state index contributed by atoms with van der Waals surface area (Å²) in [6, 6.07) is 10.8. The molecule has 2 aromatic rings. The van der Waals surface area contributed by atoms with Crippen LogP contribution < -0.4 is 5.32 Å². The normalized spacial score (nSPS) is 10.5. The van der Waals surface area contributed by atoms with Crippen LogP contribution in [0.15, 0.2) is 47.9 Å². The van der Waals surface area contributed by atoms with Crippen LogP contribution in [0.5, 0.6) is 0 Å². The molecular weight excluding hydrogens is 262 g/mol. The van der Waals surface area contributed by atoms with E-state index in [-0.39, 0.29) is 5.91 Å². The zero-order chi connectivity index (χ0) is 13.7. The molecule has 1 aromatic heterocycles. The van der Waals surface area contributed by atoms with Gasteiger partial charge in [0.1, 0.15) is 0 Å². The van der Waals surface area contributed by atoms with E-state index in [2.05, 4.69) is 5.32 Å². The van der Waals surface area contributed by atoms with Gasteiger partial charge in [-0.3, -0.25) is 4.79 Å². The maximum absolute atomic E-state index is 12.1. The van der Waals surface area contributed by atoms with Crippen LogP contribution in [0.1, 0.15) is 15.2 Å². The van der Waals surface area contributed by atoms with Crippen LogP contribution in [0, 0.1) is 0 Å². The smallest absolute Gasteiger partial charge is 0.328 e. The van der Waals surface area contributed by atoms with Crippen molar-refractivity contribution in [3.8, 4) is 0 Å². The molecule has 1 aromatic carbocycles. The van der Waals surface area contributed by atoms with Gasteiger partial charge in [-0.05, 0) is 35.2 Å². The maximum Gasteiger partial charge on any atom is 0.328 e. The quantitative estimate of drug-likeness (QED) is 0.841. The molecule has 19 heavy (non-hydrogen) atoms. The largest absolute Gasteiger partial charge is 0.478 e. The van der Waals surface area contributed by atoms with Gasteiger partial charge in [-0.2, -0.15) is 0 Å². The van der Waals surface area contributed by atoms with Crippen LogP contribution in [-0.2, 0) is 4.79 Å². The van der Waals surface area contributed by atoms with Crippen molar-refractivity contribution < 1.29 is 14.7 Å². The SMILES string of the molecule is O=C(O)C=Cc1ccsc1C(=O)Nc1ccccc1. The number of carboxylic acid groups (broad SMARTS) is 1. The van der Waals surface area contributed by atoms with Gasteiger partial charge in [0.2, 0.25) is 0 Å². The fourth-order valence-corrected chi connectivity index (χ4v) is 2.29. The van der Waals surface area contributed by atoms with Gasteiger partial charge >= 0.3 is 5.97 Å². The molecule has 0 atom stereocenters. The second-order valence-corrected chi connectivity index (χ2v) is 4.61. The van der Waals surface area contributed by atoms with E-state index in [0.29, 0.717) is 16.1 Å². The first-order valence-electron chi connectivity index (χ1n) is 5.52. The van der Waals surface area contributed by atoms with Crippen molar-refractivity contribution in [2.75, 3.05) is 5.32 Å². The third-order valence-electron chi connectivity index (χ3n) is 2.34. The van der Waals surface area contributed by atoms with Gasteiger partial charge in [0.15, 0.2) is 0 Å². The van der Waals surface area contributed by atoms with Gasteiger partial charge in [0, 0.05) is 11.8 Å². The topological polar surface area (TPSA) is 66.4 Å². The molecule has 2 N–H and O–H groups in total. The molecule has 0 bridgehead atoms. The number of thiophene rings is 1. The molecule has 0 aliphatic heterocycles. The van der Waals surface area contributed by atoms with Crippen LogP contribution in [0.4, 0.5) is 5.69 Å². The number of aliphatic carboxylic acids is 1. The van der Waals surface area contributed by atoms with Crippen molar-refractivity contribution in [3.05, 3.63) is 58.3 Å². The summed E-state index contributed by atoms with van der Waals surface area (Å²) in [6.07, 6.45) is 2.43. The van der Waals surface area contributed by atoms with Crippen molar-refractivity contribution in [1.82, 2.24) is 0 Å². The first kappa shape index (κ1) is 13.0. The summed E-state index contributed by atoms with van der Waals surface area (Å²) in [5.74, 6) is -1.29. The molecule has 0 unspecified atom stereocenters. The Hall–Kier alpha value is -2.40. The highest BCUT2D eigenvalue weighted by Gasteiger charge is 2.11. The predicted octanol–water partition coefficient (Wildman–Crippen LogP) is 3.10. The Balaban J connectivity index is 2.16. The molecule has 0 saturated heterocycles. The minimum Gasteiger partial charge on any atom is -0.478 e. The number of nitrogens with one attached hydrogen (secondary N) is 1. The van der Waals surface area contributed by atoms with E-state index in [1.165, 1.54) is 17.4 Å². The molecule has 0 fully saturated rings. The zero-order valence-electron chi connectivity index (χ0n) is 9.87. The number of carboxylic acids is 1. The summed E-state index contributed by atoms with van der Waals surface area (Å²) in [5.41, 5.74) is 1.30. The van der Waals surface area contributed by atoms with Gasteiger partial charge in [0.05, 0.1) is 4.88 Å². The number of anilines is 1. The van der Waals surface area contributed by atoms with E-state index in [4.69, 9.17) is 5.11 Å². The Bertz CT molecular complexity index is 617. The Kier molecular flexibility index (Phi) is 4.10. The Morgan fingerprint density at radius 2 is 1.89 bits per heavy atom. The van der Waals surface area contributed by atoms with E-state index in [9.17, 15) is 9.59 Å². The number of rotatable bonds is 4. The summed E-state index contributed by atoms with van der Waals surface area (Å²) >= 11 is 1.27. The third kappa shape index (κ3) is 3.53. The molecule has 2 rings (SSSR count). The Labute approximate surface area is 114 Å². The molecule has 0 radical (unpaired) electrons. The molecular formula is C14H11NO3S. The lowest BCUT2D eigenvalue weighted by Crippen LogP contribution is -2.11. The maximum atomic E-state index is 12.1. The minimum absolute atomic E-state index is 0.244. The lowest BCUT2D eigenvalue weighted by Gasteiger charge is -2.03. The van der Waals surface area contributed by atoms with Crippen LogP contribution in [-0.4, -0.2) is 17.0 Å². The van der Waals surface area contributed by atoms with Crippen molar-refractivity contribution >= 4 is 35.0 Å². The van der Waals surface area contributed by atoms with Gasteiger partial charge in [0.25, 0.3) is 5.91 Å². The number of hydrogen-bond donors (Lipinski definition) is 2. The first-order chi connectivity index (χ1) is 9.16. The molecule has 1 heterocycles. The lowest BCUT2D eigenvalue weighted by atomic mass is 10.2. The fraction of sp³-hybridized carbons (Fsp3) is 0. The van der Waals surface area contributed by atoms with Crippen molar-refractivity contribution in [2.45, 2.75) is 0 Å². The van der Waals surface area contributed by atoms with Gasteiger partial charge in [-0.15, -0.1) is 11.3 Å². The number of amides is 1. The monoisotopic (exact) mass is 273 g/mol. The van der Waals surface area contributed by atoms with Crippen molar-refractivity contribution in [3.63, 3.8) is 0 Å². The highest BCUT2D eigenvalue weighted by Crippen LogP contribution is 2.20. The molecule has 0 spiro atoms. The molecule has 5 heteroatoms. The van der Waals surface area contributed by atoms with Crippen molar-refractivity contribution in [1.29, 1.82) is 0 Å². The second-order valence-electron chi connectivity index (χ2n) is 3.70. The van der Waals surface area contributed by atoms with Gasteiger partial charge < -0.3 is 10.4 Å². The van der Waals surface area contributed by atoms with Gasteiger partial charge in [-0.1, -0.05) is 18.2 Å². The van der Waals surface area contributed by atoms with E-state index >= 15 is 0 Å². The van der Waals surface area contributed by atoms with E-state index < -0.39 is 5.97 Å². The average Bonchev–Trinajstić information content (AvgIpc) is 2.86. The Morgan fingerprint density at radius 3 is 2.58 bits per heavy atom. The fourth-order valence-electron chi connectivity index (χ4n) is 1.51. The molecule has 4 nitrogen and oxygen atoms in total. The van der Waals surface area contributed by atoms with Gasteiger partial charge in [-0.25, -0.2) is 4.79 Å². The molecule has 0 saturated carbocycles. The van der Waals surface area contributed by atoms with E-state index in [0.717, 1.165) is 6.08 Å². The number of carbonyl (C=O) groups excluding carboxylic acids is 1. The van der Waals surface area contributed by atoms with Crippen LogP contribution >= 0.6 is 11.3 Å². The summed E-state index contributed by atoms with van der Waals surface area (Å²) in [4.78, 5) is 23.0. The predicted molar refractivity (Wildman–Crippen MR) is 75.4 cm³/mol. The number of hydrogen-bond acceptors (Lipinski definition) is 3. The highest BCUT2D eigenvalue weighted by atomic mass is 32.1. The van der Waals surface area contributed by atoms with E-state index in [1.807, 2.05) is 18.2 Å². The number of benzene rings is 1. The zero-order valence-corrected chi connectivity index (χ0v) is 10.7. The number of para-hydroxylation sites is 1. The van der Waals surface area contributed by atoms with Crippen LogP contribution in [0.2, 0.25) is 0 Å². The summed E-state index contributed by atoms with van der Waals surface area (Å²) in [7, 11) is 0. The second kappa shape index (κ2) is 5.97. The molecule has 0 aliphatic carbocycles. The molecule has 1 amide bonds. The minimum atomic E-state index is -1.04.